The Labute approximate surface area is 106 Å². The van der Waals surface area contributed by atoms with Crippen LogP contribution in [0.15, 0.2) is 18.2 Å². The first-order valence-electron chi connectivity index (χ1n) is 5.69. The summed E-state index contributed by atoms with van der Waals surface area (Å²) in [4.78, 5) is 0. The summed E-state index contributed by atoms with van der Waals surface area (Å²) < 4.78 is 0. The Hall–Kier alpha value is -0.240. The van der Waals surface area contributed by atoms with Crippen LogP contribution in [0.2, 0.25) is 10.0 Å². The van der Waals surface area contributed by atoms with Gasteiger partial charge < -0.3 is 5.32 Å². The van der Waals surface area contributed by atoms with E-state index in [9.17, 15) is 0 Å². The predicted molar refractivity (Wildman–Crippen MR) is 68.4 cm³/mol. The van der Waals surface area contributed by atoms with E-state index in [1.54, 1.807) is 6.07 Å². The van der Waals surface area contributed by atoms with Crippen molar-refractivity contribution in [3.63, 3.8) is 0 Å². The lowest BCUT2D eigenvalue weighted by atomic mass is 9.33. The third-order valence-corrected chi connectivity index (χ3v) is 4.60. The number of nitrogens with one attached hydrogen (secondary N) is 1. The molecular formula is C13H15Cl2N. The number of hydrogen-bond donors (Lipinski definition) is 1. The van der Waals surface area contributed by atoms with Gasteiger partial charge in [-0.2, -0.15) is 0 Å². The lowest BCUT2D eigenvalue weighted by Crippen LogP contribution is -2.67. The molecule has 1 aromatic rings. The molecule has 1 N–H and O–H groups in total. The molecule has 0 unspecified atom stereocenters. The molecule has 3 heteroatoms. The molecule has 4 rings (SSSR count). The third kappa shape index (κ3) is 1.42. The Morgan fingerprint density at radius 3 is 2.19 bits per heavy atom. The van der Waals surface area contributed by atoms with E-state index in [1.807, 2.05) is 7.05 Å². The van der Waals surface area contributed by atoms with E-state index in [1.165, 1.54) is 24.8 Å². The van der Waals surface area contributed by atoms with Crippen LogP contribution < -0.4 is 5.32 Å². The second-order valence-electron chi connectivity index (χ2n) is 5.50. The van der Waals surface area contributed by atoms with Crippen LogP contribution in [0.5, 0.6) is 0 Å². The largest absolute Gasteiger partial charge is 0.319 e. The Morgan fingerprint density at radius 1 is 1.12 bits per heavy atom. The van der Waals surface area contributed by atoms with E-state index in [-0.39, 0.29) is 0 Å². The third-order valence-electron chi connectivity index (χ3n) is 4.17. The molecule has 1 aromatic carbocycles. The van der Waals surface area contributed by atoms with Gasteiger partial charge in [-0.1, -0.05) is 23.2 Å². The van der Waals surface area contributed by atoms with Crippen molar-refractivity contribution in [1.82, 2.24) is 5.32 Å². The lowest BCUT2D eigenvalue weighted by molar-refractivity contribution is -0.137. The van der Waals surface area contributed by atoms with Gasteiger partial charge in [-0.3, -0.25) is 0 Å². The van der Waals surface area contributed by atoms with E-state index in [2.05, 4.69) is 17.4 Å². The van der Waals surface area contributed by atoms with E-state index >= 15 is 0 Å². The topological polar surface area (TPSA) is 12.0 Å². The van der Waals surface area contributed by atoms with Crippen LogP contribution in [0, 0.1) is 5.41 Å². The van der Waals surface area contributed by atoms with Crippen molar-refractivity contribution < 1.29 is 0 Å². The second kappa shape index (κ2) is 3.38. The number of halogens is 2. The van der Waals surface area contributed by atoms with Gasteiger partial charge in [0.1, 0.15) is 0 Å². The Morgan fingerprint density at radius 2 is 1.69 bits per heavy atom. The summed E-state index contributed by atoms with van der Waals surface area (Å²) in [6.07, 6.45) is 3.87. The van der Waals surface area contributed by atoms with E-state index in [4.69, 9.17) is 23.2 Å². The Bertz CT molecular complexity index is 402. The molecule has 16 heavy (non-hydrogen) atoms. The van der Waals surface area contributed by atoms with Gasteiger partial charge in [0.2, 0.25) is 0 Å². The molecule has 0 atom stereocenters. The van der Waals surface area contributed by atoms with Gasteiger partial charge in [-0.15, -0.1) is 0 Å². The van der Waals surface area contributed by atoms with Gasteiger partial charge in [0, 0.05) is 16.6 Å². The van der Waals surface area contributed by atoms with Crippen molar-refractivity contribution in [2.75, 3.05) is 13.6 Å². The molecule has 3 aliphatic rings. The van der Waals surface area contributed by atoms with Gasteiger partial charge in [0.05, 0.1) is 0 Å². The summed E-state index contributed by atoms with van der Waals surface area (Å²) in [5.74, 6) is 0. The maximum atomic E-state index is 6.05. The molecule has 0 aliphatic heterocycles. The zero-order valence-electron chi connectivity index (χ0n) is 9.32. The zero-order chi connectivity index (χ0) is 11.4. The van der Waals surface area contributed by atoms with Crippen molar-refractivity contribution in [2.45, 2.75) is 24.7 Å². The van der Waals surface area contributed by atoms with Gasteiger partial charge in [0.25, 0.3) is 0 Å². The van der Waals surface area contributed by atoms with E-state index < -0.39 is 0 Å². The summed E-state index contributed by atoms with van der Waals surface area (Å²) in [6, 6.07) is 5.97. The molecule has 0 aromatic heterocycles. The molecule has 3 saturated carbocycles. The fraction of sp³-hybridized carbons (Fsp3) is 0.538. The van der Waals surface area contributed by atoms with Crippen LogP contribution in [-0.2, 0) is 5.41 Å². The minimum Gasteiger partial charge on any atom is -0.319 e. The molecule has 2 bridgehead atoms. The molecule has 0 heterocycles. The monoisotopic (exact) mass is 255 g/mol. The van der Waals surface area contributed by atoms with Crippen LogP contribution in [0.1, 0.15) is 24.8 Å². The van der Waals surface area contributed by atoms with Crippen molar-refractivity contribution in [2.24, 2.45) is 5.41 Å². The first-order chi connectivity index (χ1) is 7.57. The minimum absolute atomic E-state index is 0.394. The van der Waals surface area contributed by atoms with Crippen molar-refractivity contribution in [1.29, 1.82) is 0 Å². The summed E-state index contributed by atoms with van der Waals surface area (Å²) in [7, 11) is 2.03. The SMILES string of the molecule is CNCC12CC(c3cc(Cl)cc(Cl)c3)(C1)C2. The van der Waals surface area contributed by atoms with Crippen LogP contribution in [-0.4, -0.2) is 13.6 Å². The van der Waals surface area contributed by atoms with Crippen molar-refractivity contribution in [3.05, 3.63) is 33.8 Å². The zero-order valence-corrected chi connectivity index (χ0v) is 10.8. The molecule has 0 amide bonds. The first kappa shape index (κ1) is 10.9. The van der Waals surface area contributed by atoms with Gasteiger partial charge in [-0.05, 0) is 60.9 Å². The fourth-order valence-corrected chi connectivity index (χ4v) is 4.25. The van der Waals surface area contributed by atoms with E-state index in [0.29, 0.717) is 10.8 Å². The number of benzene rings is 1. The molecule has 1 nitrogen and oxygen atoms in total. The Kier molecular flexibility index (Phi) is 2.30. The Balaban J connectivity index is 1.82. The van der Waals surface area contributed by atoms with Crippen LogP contribution in [0.4, 0.5) is 0 Å². The van der Waals surface area contributed by atoms with Crippen LogP contribution >= 0.6 is 23.2 Å². The summed E-state index contributed by atoms with van der Waals surface area (Å²) in [5, 5.41) is 4.81. The molecule has 86 valence electrons. The van der Waals surface area contributed by atoms with Gasteiger partial charge in [0.15, 0.2) is 0 Å². The second-order valence-corrected chi connectivity index (χ2v) is 6.37. The summed E-state index contributed by atoms with van der Waals surface area (Å²) in [5.41, 5.74) is 2.30. The van der Waals surface area contributed by atoms with Gasteiger partial charge >= 0.3 is 0 Å². The molecule has 3 aliphatic carbocycles. The molecular weight excluding hydrogens is 241 g/mol. The number of hydrogen-bond acceptors (Lipinski definition) is 1. The lowest BCUT2D eigenvalue weighted by Gasteiger charge is -2.71. The molecule has 0 saturated heterocycles. The van der Waals surface area contributed by atoms with E-state index in [0.717, 1.165) is 16.6 Å². The fourth-order valence-electron chi connectivity index (χ4n) is 3.73. The molecule has 0 spiro atoms. The normalized spacial score (nSPS) is 35.4. The van der Waals surface area contributed by atoms with Crippen molar-refractivity contribution >= 4 is 23.2 Å². The first-order valence-corrected chi connectivity index (χ1v) is 6.44. The summed E-state index contributed by atoms with van der Waals surface area (Å²) in [6.45, 7) is 1.14. The highest BCUT2D eigenvalue weighted by atomic mass is 35.5. The van der Waals surface area contributed by atoms with Crippen molar-refractivity contribution in [3.8, 4) is 0 Å². The standard InChI is InChI=1S/C13H15Cl2N/c1-16-8-12-5-13(6-12,7-12)9-2-10(14)4-11(15)3-9/h2-4,16H,5-8H2,1H3. The highest BCUT2D eigenvalue weighted by molar-refractivity contribution is 6.34. The highest BCUT2D eigenvalue weighted by Gasteiger charge is 2.67. The maximum absolute atomic E-state index is 6.05. The molecule has 3 fully saturated rings. The van der Waals surface area contributed by atoms with Crippen LogP contribution in [0.25, 0.3) is 0 Å². The number of rotatable bonds is 3. The predicted octanol–water partition coefficient (Wildman–Crippen LogP) is 3.63. The average Bonchev–Trinajstić information content (AvgIpc) is 2.06. The smallest absolute Gasteiger partial charge is 0.0423 e. The molecule has 0 radical (unpaired) electrons. The maximum Gasteiger partial charge on any atom is 0.0423 e. The summed E-state index contributed by atoms with van der Waals surface area (Å²) >= 11 is 12.1. The van der Waals surface area contributed by atoms with Gasteiger partial charge in [-0.25, -0.2) is 0 Å². The average molecular weight is 256 g/mol. The minimum atomic E-state index is 0.394. The highest BCUT2D eigenvalue weighted by Crippen LogP contribution is 2.73. The van der Waals surface area contributed by atoms with Crippen LogP contribution in [0.3, 0.4) is 0 Å². The quantitative estimate of drug-likeness (QED) is 0.870.